The Morgan fingerprint density at radius 2 is 2.19 bits per heavy atom. The van der Waals surface area contributed by atoms with E-state index in [4.69, 9.17) is 4.74 Å². The molecule has 0 heterocycles. The lowest BCUT2D eigenvalue weighted by atomic mass is 9.75. The standard InChI is InChI=1S/C15H21FN2O3/c1-15(2)6-4-5-10(9-15)17-12-8-14(21-3)13(18(19)20)7-11(12)16/h7-8,10,17H,4-6,9H2,1-3H3. The molecule has 2 rings (SSSR count). The van der Waals surface area contributed by atoms with Crippen LogP contribution in [0.5, 0.6) is 5.75 Å². The first-order chi connectivity index (χ1) is 9.82. The molecule has 0 spiro atoms. The lowest BCUT2D eigenvalue weighted by molar-refractivity contribution is -0.385. The van der Waals surface area contributed by atoms with Crippen molar-refractivity contribution in [2.24, 2.45) is 5.41 Å². The van der Waals surface area contributed by atoms with E-state index in [0.717, 1.165) is 31.7 Å². The van der Waals surface area contributed by atoms with Gasteiger partial charge in [0.25, 0.3) is 0 Å². The molecular formula is C15H21FN2O3. The molecule has 1 aromatic rings. The van der Waals surface area contributed by atoms with Crippen molar-refractivity contribution in [1.82, 2.24) is 0 Å². The van der Waals surface area contributed by atoms with Crippen molar-refractivity contribution in [1.29, 1.82) is 0 Å². The number of benzene rings is 1. The first kappa shape index (κ1) is 15.5. The third-order valence-corrected chi connectivity index (χ3v) is 4.03. The van der Waals surface area contributed by atoms with Crippen LogP contribution in [-0.4, -0.2) is 18.1 Å². The second-order valence-electron chi connectivity index (χ2n) is 6.36. The number of methoxy groups -OCH3 is 1. The minimum Gasteiger partial charge on any atom is -0.490 e. The van der Waals surface area contributed by atoms with Crippen LogP contribution in [0.1, 0.15) is 39.5 Å². The van der Waals surface area contributed by atoms with Crippen LogP contribution in [0.3, 0.4) is 0 Å². The molecule has 0 aliphatic heterocycles. The average Bonchev–Trinajstić information content (AvgIpc) is 2.39. The molecule has 116 valence electrons. The maximum absolute atomic E-state index is 14.1. The summed E-state index contributed by atoms with van der Waals surface area (Å²) < 4.78 is 19.0. The normalized spacial score (nSPS) is 20.9. The minimum absolute atomic E-state index is 0.0685. The third kappa shape index (κ3) is 3.62. The Bertz CT molecular complexity index is 546. The van der Waals surface area contributed by atoms with Crippen LogP contribution in [0.4, 0.5) is 15.8 Å². The number of halogens is 1. The van der Waals surface area contributed by atoms with E-state index in [9.17, 15) is 14.5 Å². The Morgan fingerprint density at radius 3 is 2.76 bits per heavy atom. The topological polar surface area (TPSA) is 64.4 Å². The highest BCUT2D eigenvalue weighted by molar-refractivity contribution is 5.59. The fourth-order valence-corrected chi connectivity index (χ4v) is 3.00. The largest absolute Gasteiger partial charge is 0.490 e. The van der Waals surface area contributed by atoms with Crippen molar-refractivity contribution >= 4 is 11.4 Å². The molecule has 0 radical (unpaired) electrons. The van der Waals surface area contributed by atoms with E-state index in [1.807, 2.05) is 0 Å². The van der Waals surface area contributed by atoms with Crippen LogP contribution in [0, 0.1) is 21.3 Å². The van der Waals surface area contributed by atoms with E-state index in [1.54, 1.807) is 0 Å². The molecule has 1 fully saturated rings. The lowest BCUT2D eigenvalue weighted by Gasteiger charge is -2.36. The molecule has 1 N–H and O–H groups in total. The molecule has 0 aromatic heterocycles. The van der Waals surface area contributed by atoms with Gasteiger partial charge in [-0.2, -0.15) is 0 Å². The van der Waals surface area contributed by atoms with Gasteiger partial charge in [-0.15, -0.1) is 0 Å². The van der Waals surface area contributed by atoms with Gasteiger partial charge in [0, 0.05) is 12.1 Å². The molecule has 0 bridgehead atoms. The summed E-state index contributed by atoms with van der Waals surface area (Å²) in [5.74, 6) is -0.551. The van der Waals surface area contributed by atoms with Crippen molar-refractivity contribution in [2.45, 2.75) is 45.6 Å². The van der Waals surface area contributed by atoms with Crippen molar-refractivity contribution in [3.63, 3.8) is 0 Å². The Kier molecular flexibility index (Phi) is 4.34. The van der Waals surface area contributed by atoms with Gasteiger partial charge in [0.05, 0.1) is 23.8 Å². The van der Waals surface area contributed by atoms with Crippen LogP contribution in [0.2, 0.25) is 0 Å². The SMILES string of the molecule is COc1cc(NC2CCCC(C)(C)C2)c(F)cc1[N+](=O)[O-]. The van der Waals surface area contributed by atoms with E-state index in [1.165, 1.54) is 13.2 Å². The van der Waals surface area contributed by atoms with Gasteiger partial charge in [0.15, 0.2) is 11.6 Å². The first-order valence-electron chi connectivity index (χ1n) is 7.11. The molecule has 5 nitrogen and oxygen atoms in total. The molecule has 1 aromatic carbocycles. The molecule has 1 unspecified atom stereocenters. The minimum atomic E-state index is -0.643. The van der Waals surface area contributed by atoms with Gasteiger partial charge in [-0.25, -0.2) is 4.39 Å². The summed E-state index contributed by atoms with van der Waals surface area (Å²) in [4.78, 5) is 10.2. The van der Waals surface area contributed by atoms with E-state index >= 15 is 0 Å². The van der Waals surface area contributed by atoms with E-state index in [-0.39, 0.29) is 28.6 Å². The van der Waals surface area contributed by atoms with Gasteiger partial charge >= 0.3 is 5.69 Å². The first-order valence-corrected chi connectivity index (χ1v) is 7.11. The molecule has 0 saturated heterocycles. The fourth-order valence-electron chi connectivity index (χ4n) is 3.00. The number of nitro groups is 1. The average molecular weight is 296 g/mol. The second kappa shape index (κ2) is 5.87. The molecular weight excluding hydrogens is 275 g/mol. The van der Waals surface area contributed by atoms with Crippen molar-refractivity contribution in [2.75, 3.05) is 12.4 Å². The number of hydrogen-bond acceptors (Lipinski definition) is 4. The monoisotopic (exact) mass is 296 g/mol. The second-order valence-corrected chi connectivity index (χ2v) is 6.36. The number of rotatable bonds is 4. The number of nitrogens with zero attached hydrogens (tertiary/aromatic N) is 1. The van der Waals surface area contributed by atoms with Crippen LogP contribution in [0.25, 0.3) is 0 Å². The predicted octanol–water partition coefficient (Wildman–Crippen LogP) is 4.12. The predicted molar refractivity (Wildman–Crippen MR) is 79.3 cm³/mol. The van der Waals surface area contributed by atoms with Crippen LogP contribution in [0.15, 0.2) is 12.1 Å². The summed E-state index contributed by atoms with van der Waals surface area (Å²) in [6.45, 7) is 4.40. The summed E-state index contributed by atoms with van der Waals surface area (Å²) in [5, 5.41) is 14.0. The number of ether oxygens (including phenoxy) is 1. The summed E-state index contributed by atoms with van der Waals surface area (Å²) in [6.07, 6.45) is 4.18. The number of nitro benzene ring substituents is 1. The summed E-state index contributed by atoms with van der Waals surface area (Å²) in [7, 11) is 1.34. The summed E-state index contributed by atoms with van der Waals surface area (Å²) in [5.41, 5.74) is 0.140. The Balaban J connectivity index is 2.22. The number of anilines is 1. The fraction of sp³-hybridized carbons (Fsp3) is 0.600. The Hall–Kier alpha value is -1.85. The third-order valence-electron chi connectivity index (χ3n) is 4.03. The molecule has 1 atom stereocenters. The van der Waals surface area contributed by atoms with Crippen LogP contribution >= 0.6 is 0 Å². The van der Waals surface area contributed by atoms with E-state index in [2.05, 4.69) is 19.2 Å². The maximum Gasteiger partial charge on any atom is 0.313 e. The van der Waals surface area contributed by atoms with Crippen molar-refractivity contribution < 1.29 is 14.1 Å². The highest BCUT2D eigenvalue weighted by Crippen LogP contribution is 2.38. The van der Waals surface area contributed by atoms with E-state index in [0.29, 0.717) is 0 Å². The summed E-state index contributed by atoms with van der Waals surface area (Å²) >= 11 is 0. The Labute approximate surface area is 123 Å². The molecule has 1 aliphatic rings. The van der Waals surface area contributed by atoms with Crippen LogP contribution < -0.4 is 10.1 Å². The highest BCUT2D eigenvalue weighted by atomic mass is 19.1. The summed E-state index contributed by atoms with van der Waals surface area (Å²) in [6, 6.07) is 2.46. The number of nitrogens with one attached hydrogen (secondary N) is 1. The van der Waals surface area contributed by atoms with Crippen molar-refractivity contribution in [3.8, 4) is 5.75 Å². The molecule has 0 amide bonds. The number of hydrogen-bond donors (Lipinski definition) is 1. The van der Waals surface area contributed by atoms with Gasteiger partial charge in [0.2, 0.25) is 0 Å². The van der Waals surface area contributed by atoms with Gasteiger partial charge in [-0.1, -0.05) is 20.3 Å². The van der Waals surface area contributed by atoms with Crippen molar-refractivity contribution in [3.05, 3.63) is 28.1 Å². The zero-order valence-corrected chi connectivity index (χ0v) is 12.6. The Morgan fingerprint density at radius 1 is 1.48 bits per heavy atom. The maximum atomic E-state index is 14.1. The zero-order valence-electron chi connectivity index (χ0n) is 12.6. The quantitative estimate of drug-likeness (QED) is 0.670. The lowest BCUT2D eigenvalue weighted by Crippen LogP contribution is -2.32. The zero-order chi connectivity index (χ0) is 15.6. The molecule has 21 heavy (non-hydrogen) atoms. The van der Waals surface area contributed by atoms with Crippen LogP contribution in [-0.2, 0) is 0 Å². The highest BCUT2D eigenvalue weighted by Gasteiger charge is 2.29. The van der Waals surface area contributed by atoms with Gasteiger partial charge < -0.3 is 10.1 Å². The molecule has 1 aliphatic carbocycles. The van der Waals surface area contributed by atoms with Gasteiger partial charge in [-0.05, 0) is 24.7 Å². The van der Waals surface area contributed by atoms with Gasteiger partial charge in [-0.3, -0.25) is 10.1 Å². The van der Waals surface area contributed by atoms with Gasteiger partial charge in [0.1, 0.15) is 0 Å². The molecule has 6 heteroatoms. The van der Waals surface area contributed by atoms with E-state index < -0.39 is 10.7 Å². The smallest absolute Gasteiger partial charge is 0.313 e. The molecule has 1 saturated carbocycles.